The first-order chi connectivity index (χ1) is 12.9. The monoisotopic (exact) mass is 417 g/mol. The number of ether oxygens (including phenoxy) is 2. The lowest BCUT2D eigenvalue weighted by atomic mass is 10.1. The summed E-state index contributed by atoms with van der Waals surface area (Å²) in [4.78, 5) is 12.7. The van der Waals surface area contributed by atoms with E-state index in [0.717, 1.165) is 5.56 Å². The molecule has 0 aromatic heterocycles. The molecule has 2 aromatic carbocycles. The number of hydrogen-bond acceptors (Lipinski definition) is 4. The maximum absolute atomic E-state index is 13.7. The number of carboxylic acids is 1. The topological polar surface area (TPSA) is 59.0 Å². The summed E-state index contributed by atoms with van der Waals surface area (Å²) in [5, 5.41) is 8.79. The number of benzene rings is 2. The van der Waals surface area contributed by atoms with Crippen molar-refractivity contribution in [1.82, 2.24) is 4.90 Å². The molecular weight excluding hydrogens is 399 g/mol. The lowest BCUT2D eigenvalue weighted by molar-refractivity contribution is -0.137. The molecule has 0 amide bonds. The first kappa shape index (κ1) is 22.0. The van der Waals surface area contributed by atoms with E-state index in [1.54, 1.807) is 12.1 Å². The molecule has 0 spiro atoms. The number of morpholine rings is 1. The van der Waals surface area contributed by atoms with Gasteiger partial charge < -0.3 is 14.6 Å². The maximum Gasteiger partial charge on any atom is 0.304 e. The maximum atomic E-state index is 13.7. The summed E-state index contributed by atoms with van der Waals surface area (Å²) in [5.74, 6) is -4.59. The first-order valence-electron chi connectivity index (χ1n) is 8.40. The second-order valence-corrected chi connectivity index (χ2v) is 6.17. The number of aliphatic carboxylic acids is 1. The Morgan fingerprint density at radius 1 is 1.18 bits per heavy atom. The van der Waals surface area contributed by atoms with E-state index in [4.69, 9.17) is 14.6 Å². The van der Waals surface area contributed by atoms with Crippen LogP contribution in [0.25, 0.3) is 0 Å². The highest BCUT2D eigenvalue weighted by Crippen LogP contribution is 2.30. The Balaban J connectivity index is 0.00000280. The van der Waals surface area contributed by atoms with Gasteiger partial charge in [0, 0.05) is 31.8 Å². The highest BCUT2D eigenvalue weighted by atomic mass is 35.5. The Labute approximate surface area is 166 Å². The van der Waals surface area contributed by atoms with Gasteiger partial charge in [-0.1, -0.05) is 12.1 Å². The molecule has 1 saturated heterocycles. The third-order valence-electron chi connectivity index (χ3n) is 4.23. The summed E-state index contributed by atoms with van der Waals surface area (Å²) in [6.07, 6.45) is -0.172. The quantitative estimate of drug-likeness (QED) is 0.764. The van der Waals surface area contributed by atoms with Crippen molar-refractivity contribution in [1.29, 1.82) is 0 Å². The normalized spacial score (nSPS) is 17.0. The van der Waals surface area contributed by atoms with Crippen LogP contribution in [0, 0.1) is 17.5 Å². The molecule has 152 valence electrons. The highest BCUT2D eigenvalue weighted by Gasteiger charge is 2.22. The molecule has 1 atom stereocenters. The summed E-state index contributed by atoms with van der Waals surface area (Å²) in [6.45, 7) is 2.14. The number of carboxylic acid groups (broad SMARTS) is 1. The molecule has 3 rings (SSSR count). The highest BCUT2D eigenvalue weighted by molar-refractivity contribution is 5.85. The fourth-order valence-corrected chi connectivity index (χ4v) is 2.86. The summed E-state index contributed by atoms with van der Waals surface area (Å²) in [6, 6.07) is 7.59. The van der Waals surface area contributed by atoms with Gasteiger partial charge in [0.25, 0.3) is 0 Å². The van der Waals surface area contributed by atoms with Crippen LogP contribution in [0.4, 0.5) is 13.2 Å². The van der Waals surface area contributed by atoms with Crippen LogP contribution < -0.4 is 4.74 Å². The second-order valence-electron chi connectivity index (χ2n) is 6.17. The van der Waals surface area contributed by atoms with E-state index < -0.39 is 29.2 Å². The SMILES string of the molecule is Cl.O=C(O)CCN1CCOC(c2ccc(Oc3c(F)cc(F)cc3F)cc2)C1. The van der Waals surface area contributed by atoms with Gasteiger partial charge in [0.2, 0.25) is 0 Å². The molecule has 1 unspecified atom stereocenters. The molecular formula is C19H19ClF3NO4. The third kappa shape index (κ3) is 5.60. The average molecular weight is 418 g/mol. The Hall–Kier alpha value is -2.29. The summed E-state index contributed by atoms with van der Waals surface area (Å²) in [7, 11) is 0. The fraction of sp³-hybridized carbons (Fsp3) is 0.316. The molecule has 9 heteroatoms. The van der Waals surface area contributed by atoms with Crippen LogP contribution >= 0.6 is 12.4 Å². The van der Waals surface area contributed by atoms with Crippen LogP contribution in [0.5, 0.6) is 11.5 Å². The Morgan fingerprint density at radius 2 is 1.82 bits per heavy atom. The van der Waals surface area contributed by atoms with Gasteiger partial charge in [-0.25, -0.2) is 13.2 Å². The van der Waals surface area contributed by atoms with Crippen molar-refractivity contribution in [3.8, 4) is 11.5 Å². The molecule has 0 radical (unpaired) electrons. The first-order valence-corrected chi connectivity index (χ1v) is 8.40. The van der Waals surface area contributed by atoms with Gasteiger partial charge >= 0.3 is 5.97 Å². The zero-order valence-electron chi connectivity index (χ0n) is 14.7. The Kier molecular flexibility index (Phi) is 7.68. The van der Waals surface area contributed by atoms with E-state index >= 15 is 0 Å². The number of hydrogen-bond donors (Lipinski definition) is 1. The molecule has 0 bridgehead atoms. The van der Waals surface area contributed by atoms with E-state index in [1.807, 2.05) is 4.90 Å². The van der Waals surface area contributed by atoms with Crippen molar-refractivity contribution < 1.29 is 32.5 Å². The molecule has 1 N–H and O–H groups in total. The molecule has 5 nitrogen and oxygen atoms in total. The van der Waals surface area contributed by atoms with E-state index in [2.05, 4.69) is 0 Å². The minimum absolute atomic E-state index is 0. The Morgan fingerprint density at radius 3 is 2.43 bits per heavy atom. The summed E-state index contributed by atoms with van der Waals surface area (Å²) in [5.41, 5.74) is 0.836. The minimum atomic E-state index is -1.12. The molecule has 1 fully saturated rings. The van der Waals surface area contributed by atoms with Gasteiger partial charge in [-0.05, 0) is 17.7 Å². The van der Waals surface area contributed by atoms with Crippen molar-refractivity contribution in [2.24, 2.45) is 0 Å². The van der Waals surface area contributed by atoms with Gasteiger partial charge in [-0.2, -0.15) is 0 Å². The standard InChI is InChI=1S/C19H18F3NO4.ClH/c20-13-9-15(21)19(16(22)10-13)27-14-3-1-12(2-4-14)17-11-23(7-8-26-17)6-5-18(24)25;/h1-4,9-10,17H,5-8,11H2,(H,24,25);1H. The molecule has 1 heterocycles. The zero-order chi connectivity index (χ0) is 19.4. The zero-order valence-corrected chi connectivity index (χ0v) is 15.6. The number of nitrogens with zero attached hydrogens (tertiary/aromatic N) is 1. The van der Waals surface area contributed by atoms with Crippen molar-refractivity contribution in [3.05, 3.63) is 59.4 Å². The fourth-order valence-electron chi connectivity index (χ4n) is 2.86. The van der Waals surface area contributed by atoms with E-state index in [-0.39, 0.29) is 30.7 Å². The summed E-state index contributed by atoms with van der Waals surface area (Å²) < 4.78 is 51.2. The molecule has 1 aliphatic heterocycles. The molecule has 0 saturated carbocycles. The number of rotatable bonds is 6. The van der Waals surface area contributed by atoms with Crippen molar-refractivity contribution in [3.63, 3.8) is 0 Å². The van der Waals surface area contributed by atoms with E-state index in [9.17, 15) is 18.0 Å². The van der Waals surface area contributed by atoms with Crippen LogP contribution in [-0.4, -0.2) is 42.2 Å². The molecule has 1 aliphatic rings. The van der Waals surface area contributed by atoms with Crippen LogP contribution in [0.1, 0.15) is 18.1 Å². The lowest BCUT2D eigenvalue weighted by Crippen LogP contribution is -2.39. The van der Waals surface area contributed by atoms with Gasteiger partial charge in [-0.15, -0.1) is 12.4 Å². The average Bonchev–Trinajstić information content (AvgIpc) is 2.64. The van der Waals surface area contributed by atoms with Gasteiger partial charge in [0.1, 0.15) is 11.6 Å². The van der Waals surface area contributed by atoms with E-state index in [1.165, 1.54) is 12.1 Å². The minimum Gasteiger partial charge on any atom is -0.481 e. The molecule has 2 aromatic rings. The smallest absolute Gasteiger partial charge is 0.304 e. The van der Waals surface area contributed by atoms with Crippen molar-refractivity contribution >= 4 is 18.4 Å². The van der Waals surface area contributed by atoms with Gasteiger partial charge in [0.15, 0.2) is 17.4 Å². The van der Waals surface area contributed by atoms with E-state index in [0.29, 0.717) is 38.4 Å². The van der Waals surface area contributed by atoms with Gasteiger partial charge in [0.05, 0.1) is 19.1 Å². The van der Waals surface area contributed by atoms with Crippen LogP contribution in [0.3, 0.4) is 0 Å². The molecule has 28 heavy (non-hydrogen) atoms. The van der Waals surface area contributed by atoms with Crippen molar-refractivity contribution in [2.45, 2.75) is 12.5 Å². The second kappa shape index (κ2) is 9.77. The third-order valence-corrected chi connectivity index (χ3v) is 4.23. The number of carbonyl (C=O) groups is 1. The van der Waals surface area contributed by atoms with Crippen LogP contribution in [0.15, 0.2) is 36.4 Å². The van der Waals surface area contributed by atoms with Crippen LogP contribution in [0.2, 0.25) is 0 Å². The Bertz CT molecular complexity index is 796. The summed E-state index contributed by atoms with van der Waals surface area (Å²) >= 11 is 0. The number of halogens is 4. The van der Waals surface area contributed by atoms with Crippen LogP contribution in [-0.2, 0) is 9.53 Å². The largest absolute Gasteiger partial charge is 0.481 e. The van der Waals surface area contributed by atoms with Gasteiger partial charge in [-0.3, -0.25) is 9.69 Å². The predicted octanol–water partition coefficient (Wildman–Crippen LogP) is 4.17. The van der Waals surface area contributed by atoms with Crippen molar-refractivity contribution in [2.75, 3.05) is 26.2 Å². The lowest BCUT2D eigenvalue weighted by Gasteiger charge is -2.32. The predicted molar refractivity (Wildman–Crippen MR) is 97.5 cm³/mol. The molecule has 0 aliphatic carbocycles.